The second-order valence-electron chi connectivity index (χ2n) is 5.81. The Hall–Kier alpha value is -0.840. The van der Waals surface area contributed by atoms with Gasteiger partial charge in [0.05, 0.1) is 11.6 Å². The van der Waals surface area contributed by atoms with Gasteiger partial charge in [-0.25, -0.2) is 4.39 Å². The van der Waals surface area contributed by atoms with Gasteiger partial charge in [0.2, 0.25) is 0 Å². The van der Waals surface area contributed by atoms with Crippen molar-refractivity contribution in [1.29, 1.82) is 0 Å². The van der Waals surface area contributed by atoms with Crippen LogP contribution in [0.4, 0.5) is 4.39 Å². The van der Waals surface area contributed by atoms with E-state index < -0.39 is 0 Å². The topological polar surface area (TPSA) is 24.5 Å². The summed E-state index contributed by atoms with van der Waals surface area (Å²) in [6.07, 6.45) is 2.45. The van der Waals surface area contributed by atoms with Gasteiger partial charge < -0.3 is 10.1 Å². The fourth-order valence-electron chi connectivity index (χ4n) is 3.19. The van der Waals surface area contributed by atoms with Crippen LogP contribution in [0.1, 0.15) is 31.4 Å². The number of halogens is 2. The van der Waals surface area contributed by atoms with Crippen molar-refractivity contribution in [3.05, 3.63) is 28.5 Å². The van der Waals surface area contributed by atoms with Crippen LogP contribution in [-0.2, 0) is 0 Å². The molecule has 1 aliphatic carbocycles. The molecule has 0 amide bonds. The van der Waals surface area contributed by atoms with Gasteiger partial charge in [-0.05, 0) is 43.4 Å². The van der Waals surface area contributed by atoms with Gasteiger partial charge in [0.1, 0.15) is 0 Å². The minimum atomic E-state index is -0.347. The number of ether oxygens (including phenoxy) is 1. The standard InChI is InChI=1S/C16H22ClFN2O/c1-2-21-16-13(17)9-12(10-14(16)18)15(11-3-4-11)20-7-5-19-6-8-20/h9-11,15,19H,2-8H2,1H3/t15-/m1/s1. The summed E-state index contributed by atoms with van der Waals surface area (Å²) in [4.78, 5) is 2.46. The highest BCUT2D eigenvalue weighted by molar-refractivity contribution is 6.32. The maximum Gasteiger partial charge on any atom is 0.173 e. The predicted octanol–water partition coefficient (Wildman–Crippen LogP) is 3.23. The van der Waals surface area contributed by atoms with Gasteiger partial charge in [0, 0.05) is 32.2 Å². The van der Waals surface area contributed by atoms with Gasteiger partial charge in [-0.3, -0.25) is 4.90 Å². The lowest BCUT2D eigenvalue weighted by Crippen LogP contribution is -2.45. The largest absolute Gasteiger partial charge is 0.489 e. The molecule has 3 nitrogen and oxygen atoms in total. The van der Waals surface area contributed by atoms with Crippen LogP contribution in [0.5, 0.6) is 5.75 Å². The molecule has 1 saturated heterocycles. The van der Waals surface area contributed by atoms with Gasteiger partial charge in [-0.1, -0.05) is 11.6 Å². The van der Waals surface area contributed by atoms with Gasteiger partial charge >= 0.3 is 0 Å². The molecule has 1 saturated carbocycles. The highest BCUT2D eigenvalue weighted by atomic mass is 35.5. The van der Waals surface area contributed by atoms with Crippen LogP contribution in [0.2, 0.25) is 5.02 Å². The van der Waals surface area contributed by atoms with Crippen molar-refractivity contribution in [1.82, 2.24) is 10.2 Å². The van der Waals surface area contributed by atoms with Crippen LogP contribution < -0.4 is 10.1 Å². The molecule has 2 fully saturated rings. The minimum absolute atomic E-state index is 0.178. The van der Waals surface area contributed by atoms with E-state index >= 15 is 0 Å². The van der Waals surface area contributed by atoms with E-state index in [0.29, 0.717) is 17.5 Å². The molecule has 0 radical (unpaired) electrons. The Morgan fingerprint density at radius 1 is 1.38 bits per heavy atom. The molecule has 1 atom stereocenters. The average molecular weight is 313 g/mol. The zero-order valence-electron chi connectivity index (χ0n) is 12.4. The first kappa shape index (κ1) is 15.1. The smallest absolute Gasteiger partial charge is 0.173 e. The molecule has 5 heteroatoms. The van der Waals surface area contributed by atoms with E-state index in [1.165, 1.54) is 12.8 Å². The van der Waals surface area contributed by atoms with Crippen molar-refractivity contribution in [2.45, 2.75) is 25.8 Å². The fourth-order valence-corrected chi connectivity index (χ4v) is 3.46. The van der Waals surface area contributed by atoms with Crippen LogP contribution in [-0.4, -0.2) is 37.7 Å². The van der Waals surface area contributed by atoms with Crippen LogP contribution >= 0.6 is 11.6 Å². The van der Waals surface area contributed by atoms with Crippen LogP contribution in [0.3, 0.4) is 0 Å². The van der Waals surface area contributed by atoms with E-state index in [4.69, 9.17) is 16.3 Å². The van der Waals surface area contributed by atoms with Crippen LogP contribution in [0.25, 0.3) is 0 Å². The lowest BCUT2D eigenvalue weighted by molar-refractivity contribution is 0.156. The monoisotopic (exact) mass is 312 g/mol. The quantitative estimate of drug-likeness (QED) is 0.903. The molecule has 0 spiro atoms. The highest BCUT2D eigenvalue weighted by Gasteiger charge is 2.37. The third-order valence-corrected chi connectivity index (χ3v) is 4.55. The summed E-state index contributed by atoms with van der Waals surface area (Å²) in [5.41, 5.74) is 0.991. The summed E-state index contributed by atoms with van der Waals surface area (Å²) < 4.78 is 19.6. The summed E-state index contributed by atoms with van der Waals surface area (Å²) in [5.74, 6) is 0.467. The Morgan fingerprint density at radius 2 is 2.10 bits per heavy atom. The Kier molecular flexibility index (Phi) is 4.67. The Balaban J connectivity index is 1.88. The molecule has 116 valence electrons. The number of hydrogen-bond acceptors (Lipinski definition) is 3. The number of rotatable bonds is 5. The van der Waals surface area contributed by atoms with Crippen LogP contribution in [0.15, 0.2) is 12.1 Å². The lowest BCUT2D eigenvalue weighted by Gasteiger charge is -2.35. The van der Waals surface area contributed by atoms with Crippen molar-refractivity contribution in [3.63, 3.8) is 0 Å². The van der Waals surface area contributed by atoms with E-state index in [0.717, 1.165) is 31.7 Å². The number of nitrogens with one attached hydrogen (secondary N) is 1. The Morgan fingerprint density at radius 3 is 2.67 bits per heavy atom. The molecule has 1 aromatic rings. The third kappa shape index (κ3) is 3.33. The molecule has 3 rings (SSSR count). The maximum absolute atomic E-state index is 14.3. The molecular formula is C16H22ClFN2O. The number of benzene rings is 1. The molecule has 0 aromatic heterocycles. The molecule has 21 heavy (non-hydrogen) atoms. The number of hydrogen-bond donors (Lipinski definition) is 1. The summed E-state index contributed by atoms with van der Waals surface area (Å²) in [6.45, 7) is 6.26. The average Bonchev–Trinajstić information content (AvgIpc) is 3.29. The second kappa shape index (κ2) is 6.51. The molecule has 2 aliphatic rings. The van der Waals surface area contributed by atoms with Crippen LogP contribution in [0, 0.1) is 11.7 Å². The van der Waals surface area contributed by atoms with Crippen molar-refractivity contribution >= 4 is 11.6 Å². The predicted molar refractivity (Wildman–Crippen MR) is 82.5 cm³/mol. The van der Waals surface area contributed by atoms with Crippen molar-refractivity contribution in [2.75, 3.05) is 32.8 Å². The molecular weight excluding hydrogens is 291 g/mol. The van der Waals surface area contributed by atoms with Crippen molar-refractivity contribution < 1.29 is 9.13 Å². The first-order valence-electron chi connectivity index (χ1n) is 7.77. The fraction of sp³-hybridized carbons (Fsp3) is 0.625. The van der Waals surface area contributed by atoms with Crippen molar-refractivity contribution in [2.24, 2.45) is 5.92 Å². The Bertz CT molecular complexity index is 478. The molecule has 0 bridgehead atoms. The van der Waals surface area contributed by atoms with E-state index in [-0.39, 0.29) is 17.6 Å². The van der Waals surface area contributed by atoms with E-state index in [1.54, 1.807) is 6.07 Å². The Labute approximate surface area is 130 Å². The first-order valence-corrected chi connectivity index (χ1v) is 8.15. The first-order chi connectivity index (χ1) is 10.2. The summed E-state index contributed by atoms with van der Waals surface area (Å²) in [6, 6.07) is 3.79. The summed E-state index contributed by atoms with van der Waals surface area (Å²) in [7, 11) is 0. The number of nitrogens with zero attached hydrogens (tertiary/aromatic N) is 1. The summed E-state index contributed by atoms with van der Waals surface area (Å²) >= 11 is 6.23. The van der Waals surface area contributed by atoms with E-state index in [9.17, 15) is 4.39 Å². The molecule has 1 aliphatic heterocycles. The van der Waals surface area contributed by atoms with E-state index in [1.807, 2.05) is 13.0 Å². The van der Waals surface area contributed by atoms with Gasteiger partial charge in [-0.2, -0.15) is 0 Å². The SMILES string of the molecule is CCOc1c(F)cc([C@@H](C2CC2)N2CCNCC2)cc1Cl. The molecule has 1 heterocycles. The molecule has 0 unspecified atom stereocenters. The van der Waals surface area contributed by atoms with E-state index in [2.05, 4.69) is 10.2 Å². The van der Waals surface area contributed by atoms with Gasteiger partial charge in [-0.15, -0.1) is 0 Å². The lowest BCUT2D eigenvalue weighted by atomic mass is 9.99. The summed E-state index contributed by atoms with van der Waals surface area (Å²) in [5, 5.41) is 3.75. The maximum atomic E-state index is 14.3. The zero-order chi connectivity index (χ0) is 14.8. The number of piperazine rings is 1. The molecule has 1 aromatic carbocycles. The minimum Gasteiger partial charge on any atom is -0.489 e. The van der Waals surface area contributed by atoms with Crippen molar-refractivity contribution in [3.8, 4) is 5.75 Å². The normalized spacial score (nSPS) is 21.3. The zero-order valence-corrected chi connectivity index (χ0v) is 13.1. The highest BCUT2D eigenvalue weighted by Crippen LogP contribution is 2.46. The van der Waals surface area contributed by atoms with Gasteiger partial charge in [0.15, 0.2) is 11.6 Å². The second-order valence-corrected chi connectivity index (χ2v) is 6.22. The van der Waals surface area contributed by atoms with Gasteiger partial charge in [0.25, 0.3) is 0 Å². The third-order valence-electron chi connectivity index (χ3n) is 4.26. The molecule has 1 N–H and O–H groups in total.